The summed E-state index contributed by atoms with van der Waals surface area (Å²) in [4.78, 5) is 11.8. The zero-order valence-corrected chi connectivity index (χ0v) is 11.8. The Kier molecular flexibility index (Phi) is 4.53. The van der Waals surface area contributed by atoms with Crippen LogP contribution in [0.1, 0.15) is 23.0 Å². The van der Waals surface area contributed by atoms with Crippen LogP contribution in [0.3, 0.4) is 0 Å². The molecule has 1 heterocycles. The second-order valence-electron chi connectivity index (χ2n) is 4.49. The van der Waals surface area contributed by atoms with E-state index >= 15 is 0 Å². The molecule has 0 unspecified atom stereocenters. The average molecular weight is 273 g/mol. The highest BCUT2D eigenvalue weighted by molar-refractivity contribution is 5.89. The zero-order valence-electron chi connectivity index (χ0n) is 11.8. The van der Waals surface area contributed by atoms with Gasteiger partial charge in [-0.1, -0.05) is 24.3 Å². The molecule has 106 valence electrons. The van der Waals surface area contributed by atoms with E-state index < -0.39 is 0 Å². The first kappa shape index (κ1) is 14.3. The Balaban J connectivity index is 2.25. The van der Waals surface area contributed by atoms with Gasteiger partial charge in [-0.25, -0.2) is 4.79 Å². The number of carbonyl (C=O) groups is 1. The Morgan fingerprint density at radius 2 is 2.05 bits per heavy atom. The van der Waals surface area contributed by atoms with Gasteiger partial charge in [-0.15, -0.1) is 0 Å². The second-order valence-corrected chi connectivity index (χ2v) is 4.49. The van der Waals surface area contributed by atoms with Crippen LogP contribution in [0, 0.1) is 0 Å². The van der Waals surface area contributed by atoms with Gasteiger partial charge in [-0.05, 0) is 31.5 Å². The predicted molar refractivity (Wildman–Crippen MR) is 77.4 cm³/mol. The number of rotatable bonds is 5. The minimum Gasteiger partial charge on any atom is -0.461 e. The Morgan fingerprint density at radius 3 is 2.65 bits per heavy atom. The third-order valence-corrected chi connectivity index (χ3v) is 3.05. The lowest BCUT2D eigenvalue weighted by Gasteiger charge is -2.00. The fourth-order valence-electron chi connectivity index (χ4n) is 2.01. The molecule has 2 aromatic rings. The number of carbonyl (C=O) groups excluding carboxylic acids is 1. The van der Waals surface area contributed by atoms with Gasteiger partial charge in [0.2, 0.25) is 0 Å². The summed E-state index contributed by atoms with van der Waals surface area (Å²) in [5.41, 5.74) is 8.90. The summed E-state index contributed by atoms with van der Waals surface area (Å²) >= 11 is 0. The lowest BCUT2D eigenvalue weighted by atomic mass is 10.1. The highest BCUT2D eigenvalue weighted by atomic mass is 16.5. The molecule has 5 nitrogen and oxygen atoms in total. The molecule has 20 heavy (non-hydrogen) atoms. The van der Waals surface area contributed by atoms with Crippen LogP contribution >= 0.6 is 0 Å². The fourth-order valence-corrected chi connectivity index (χ4v) is 2.01. The van der Waals surface area contributed by atoms with E-state index in [-0.39, 0.29) is 5.97 Å². The maximum absolute atomic E-state index is 11.8. The summed E-state index contributed by atoms with van der Waals surface area (Å²) in [6.07, 6.45) is 0.858. The Labute approximate surface area is 118 Å². The number of ether oxygens (including phenoxy) is 1. The van der Waals surface area contributed by atoms with Crippen LogP contribution in [-0.4, -0.2) is 28.9 Å². The van der Waals surface area contributed by atoms with Gasteiger partial charge in [0.05, 0.1) is 12.3 Å². The molecule has 0 aliphatic rings. The van der Waals surface area contributed by atoms with Crippen molar-refractivity contribution < 1.29 is 9.53 Å². The first-order chi connectivity index (χ1) is 9.65. The van der Waals surface area contributed by atoms with Crippen LogP contribution in [0.15, 0.2) is 30.3 Å². The molecule has 5 heteroatoms. The van der Waals surface area contributed by atoms with Crippen LogP contribution < -0.4 is 5.73 Å². The van der Waals surface area contributed by atoms with Crippen molar-refractivity contribution in [3.63, 3.8) is 0 Å². The first-order valence-electron chi connectivity index (χ1n) is 6.66. The normalized spacial score (nSPS) is 10.6. The van der Waals surface area contributed by atoms with Crippen molar-refractivity contribution in [2.75, 3.05) is 13.2 Å². The first-order valence-corrected chi connectivity index (χ1v) is 6.66. The van der Waals surface area contributed by atoms with Gasteiger partial charge in [0.1, 0.15) is 5.69 Å². The number of hydrogen-bond acceptors (Lipinski definition) is 4. The molecule has 0 spiro atoms. The number of nitrogens with zero attached hydrogens (tertiary/aromatic N) is 2. The number of nitrogens with two attached hydrogens (primary N) is 1. The molecule has 0 amide bonds. The van der Waals surface area contributed by atoms with Gasteiger partial charge in [-0.3, -0.25) is 4.68 Å². The van der Waals surface area contributed by atoms with E-state index in [2.05, 4.69) is 5.10 Å². The van der Waals surface area contributed by atoms with Crippen molar-refractivity contribution in [2.24, 2.45) is 12.8 Å². The molecular formula is C15H19N3O2. The predicted octanol–water partition coefficient (Wildman–Crippen LogP) is 1.77. The van der Waals surface area contributed by atoms with Crippen molar-refractivity contribution in [3.8, 4) is 11.3 Å². The number of esters is 1. The highest BCUT2D eigenvalue weighted by Crippen LogP contribution is 2.20. The molecule has 1 aromatic carbocycles. The molecular weight excluding hydrogens is 254 g/mol. The maximum Gasteiger partial charge on any atom is 0.356 e. The van der Waals surface area contributed by atoms with E-state index in [0.29, 0.717) is 18.8 Å². The van der Waals surface area contributed by atoms with Crippen LogP contribution in [0.25, 0.3) is 11.3 Å². The zero-order chi connectivity index (χ0) is 14.5. The molecule has 0 atom stereocenters. The summed E-state index contributed by atoms with van der Waals surface area (Å²) in [7, 11) is 1.73. The summed E-state index contributed by atoms with van der Waals surface area (Å²) in [6.45, 7) is 2.77. The molecule has 1 aromatic heterocycles. The minimum atomic E-state index is -0.353. The molecule has 0 saturated heterocycles. The van der Waals surface area contributed by atoms with E-state index in [9.17, 15) is 4.79 Å². The molecule has 0 aliphatic heterocycles. The molecule has 0 fully saturated rings. The molecule has 2 N–H and O–H groups in total. The second kappa shape index (κ2) is 6.34. The molecule has 0 saturated carbocycles. The average Bonchev–Trinajstić information content (AvgIpc) is 2.82. The number of aromatic nitrogens is 2. The van der Waals surface area contributed by atoms with Gasteiger partial charge in [0.25, 0.3) is 0 Å². The summed E-state index contributed by atoms with van der Waals surface area (Å²) in [6, 6.07) is 9.78. The van der Waals surface area contributed by atoms with Crippen molar-refractivity contribution >= 4 is 5.97 Å². The third kappa shape index (κ3) is 3.05. The van der Waals surface area contributed by atoms with Crippen molar-refractivity contribution in [3.05, 3.63) is 41.6 Å². The van der Waals surface area contributed by atoms with Crippen molar-refractivity contribution in [2.45, 2.75) is 13.3 Å². The number of aryl methyl sites for hydroxylation is 1. The van der Waals surface area contributed by atoms with Gasteiger partial charge in [0.15, 0.2) is 0 Å². The SMILES string of the molecule is CCOC(=O)c1cc(-c2ccc(CCN)cc2)nn1C. The minimum absolute atomic E-state index is 0.353. The monoisotopic (exact) mass is 273 g/mol. The van der Waals surface area contributed by atoms with Gasteiger partial charge in [-0.2, -0.15) is 5.10 Å². The Hall–Kier alpha value is -2.14. The lowest BCUT2D eigenvalue weighted by Crippen LogP contribution is -2.10. The van der Waals surface area contributed by atoms with Crippen molar-refractivity contribution in [1.82, 2.24) is 9.78 Å². The molecule has 2 rings (SSSR count). The summed E-state index contributed by atoms with van der Waals surface area (Å²) in [5, 5.41) is 4.35. The molecule has 0 aliphatic carbocycles. The Bertz CT molecular complexity index is 588. The molecule has 0 radical (unpaired) electrons. The maximum atomic E-state index is 11.8. The number of hydrogen-bond donors (Lipinski definition) is 1. The van der Waals surface area contributed by atoms with Crippen LogP contribution in [0.5, 0.6) is 0 Å². The summed E-state index contributed by atoms with van der Waals surface area (Å²) < 4.78 is 6.54. The van der Waals surface area contributed by atoms with Crippen molar-refractivity contribution in [1.29, 1.82) is 0 Å². The van der Waals surface area contributed by atoms with E-state index in [1.54, 1.807) is 24.7 Å². The Morgan fingerprint density at radius 1 is 1.35 bits per heavy atom. The highest BCUT2D eigenvalue weighted by Gasteiger charge is 2.14. The smallest absolute Gasteiger partial charge is 0.356 e. The van der Waals surface area contributed by atoms with Crippen LogP contribution in [0.2, 0.25) is 0 Å². The van der Waals surface area contributed by atoms with Crippen LogP contribution in [-0.2, 0) is 18.2 Å². The lowest BCUT2D eigenvalue weighted by molar-refractivity contribution is 0.0513. The van der Waals surface area contributed by atoms with E-state index in [1.165, 1.54) is 5.56 Å². The topological polar surface area (TPSA) is 70.1 Å². The van der Waals surface area contributed by atoms with E-state index in [4.69, 9.17) is 10.5 Å². The van der Waals surface area contributed by atoms with Crippen LogP contribution in [0.4, 0.5) is 0 Å². The largest absolute Gasteiger partial charge is 0.461 e. The summed E-state index contributed by atoms with van der Waals surface area (Å²) in [5.74, 6) is -0.353. The van der Waals surface area contributed by atoms with E-state index in [1.807, 2.05) is 24.3 Å². The quantitative estimate of drug-likeness (QED) is 0.843. The standard InChI is InChI=1S/C15H19N3O2/c1-3-20-15(19)14-10-13(17-18(14)2)12-6-4-11(5-7-12)8-9-16/h4-7,10H,3,8-9,16H2,1-2H3. The van der Waals surface area contributed by atoms with Gasteiger partial charge < -0.3 is 10.5 Å². The molecule has 0 bridgehead atoms. The van der Waals surface area contributed by atoms with E-state index in [0.717, 1.165) is 17.7 Å². The number of benzene rings is 1. The van der Waals surface area contributed by atoms with Gasteiger partial charge >= 0.3 is 5.97 Å². The van der Waals surface area contributed by atoms with Gasteiger partial charge in [0, 0.05) is 12.6 Å². The third-order valence-electron chi connectivity index (χ3n) is 3.05. The fraction of sp³-hybridized carbons (Fsp3) is 0.333.